The lowest BCUT2D eigenvalue weighted by atomic mass is 10.0. The molecule has 0 atom stereocenters. The summed E-state index contributed by atoms with van der Waals surface area (Å²) in [6.07, 6.45) is 7.29. The fourth-order valence-corrected chi connectivity index (χ4v) is 3.29. The summed E-state index contributed by atoms with van der Waals surface area (Å²) >= 11 is 0. The van der Waals surface area contributed by atoms with E-state index >= 15 is 0 Å². The summed E-state index contributed by atoms with van der Waals surface area (Å²) < 4.78 is 21.7. The molecule has 0 amide bonds. The van der Waals surface area contributed by atoms with Crippen LogP contribution in [-0.4, -0.2) is 39.3 Å². The number of anilines is 1. The molecule has 4 rings (SSSR count). The fraction of sp³-hybridized carbons (Fsp3) is 0.350. The van der Waals surface area contributed by atoms with E-state index in [1.807, 2.05) is 17.8 Å². The highest BCUT2D eigenvalue weighted by molar-refractivity contribution is 5.78. The van der Waals surface area contributed by atoms with Crippen LogP contribution in [0.25, 0.3) is 22.6 Å². The molecule has 7 heteroatoms. The predicted molar refractivity (Wildman–Crippen MR) is 102 cm³/mol. The first-order chi connectivity index (χ1) is 13.2. The Morgan fingerprint density at radius 3 is 2.74 bits per heavy atom. The van der Waals surface area contributed by atoms with Gasteiger partial charge in [-0.25, -0.2) is 19.3 Å². The van der Waals surface area contributed by atoms with Gasteiger partial charge in [-0.1, -0.05) is 18.2 Å². The van der Waals surface area contributed by atoms with Crippen molar-refractivity contribution in [1.29, 1.82) is 0 Å². The van der Waals surface area contributed by atoms with Gasteiger partial charge in [-0.05, 0) is 24.8 Å². The van der Waals surface area contributed by atoms with Gasteiger partial charge in [0.05, 0.1) is 0 Å². The van der Waals surface area contributed by atoms with Crippen LogP contribution in [0.3, 0.4) is 0 Å². The second-order valence-corrected chi connectivity index (χ2v) is 6.73. The smallest absolute Gasteiger partial charge is 0.223 e. The molecule has 1 aromatic carbocycles. The van der Waals surface area contributed by atoms with Gasteiger partial charge in [0.2, 0.25) is 5.95 Å². The summed E-state index contributed by atoms with van der Waals surface area (Å²) in [4.78, 5) is 13.5. The number of hydrogen-bond acceptors (Lipinski definition) is 5. The van der Waals surface area contributed by atoms with Crippen LogP contribution in [0.2, 0.25) is 0 Å². The largest absolute Gasteiger partial charge is 0.381 e. The second kappa shape index (κ2) is 7.84. The van der Waals surface area contributed by atoms with Crippen LogP contribution in [0.5, 0.6) is 0 Å². The summed E-state index contributed by atoms with van der Waals surface area (Å²) in [5.41, 5.74) is 1.70. The third-order valence-corrected chi connectivity index (χ3v) is 4.88. The van der Waals surface area contributed by atoms with Gasteiger partial charge in [0.25, 0.3) is 0 Å². The normalized spacial score (nSPS) is 15.0. The first-order valence-electron chi connectivity index (χ1n) is 9.13. The first-order valence-corrected chi connectivity index (χ1v) is 9.13. The lowest BCUT2D eigenvalue weighted by Gasteiger charge is -2.22. The molecule has 3 aromatic rings. The van der Waals surface area contributed by atoms with Gasteiger partial charge in [-0.3, -0.25) is 0 Å². The molecule has 3 heterocycles. The van der Waals surface area contributed by atoms with Crippen molar-refractivity contribution in [2.45, 2.75) is 12.8 Å². The standard InChI is InChI=1S/C20H22FN5O/c1-26-9-8-22-19(26)18-16(15-4-2-3-5-17(15)21)13-24-20(25-18)23-12-14-6-10-27-11-7-14/h2-5,8-9,13-14H,6-7,10-12H2,1H3,(H,23,24,25). The molecular weight excluding hydrogens is 345 g/mol. The minimum Gasteiger partial charge on any atom is -0.381 e. The monoisotopic (exact) mass is 367 g/mol. The van der Waals surface area contributed by atoms with Crippen LogP contribution in [0.15, 0.2) is 42.9 Å². The molecule has 27 heavy (non-hydrogen) atoms. The van der Waals surface area contributed by atoms with E-state index in [9.17, 15) is 4.39 Å². The van der Waals surface area contributed by atoms with Crippen LogP contribution < -0.4 is 5.32 Å². The summed E-state index contributed by atoms with van der Waals surface area (Å²) in [6.45, 7) is 2.40. The number of nitrogens with one attached hydrogen (secondary N) is 1. The molecular formula is C20H22FN5O. The highest BCUT2D eigenvalue weighted by atomic mass is 19.1. The van der Waals surface area contributed by atoms with Crippen molar-refractivity contribution < 1.29 is 9.13 Å². The van der Waals surface area contributed by atoms with E-state index in [-0.39, 0.29) is 5.82 Å². The van der Waals surface area contributed by atoms with Crippen molar-refractivity contribution in [3.8, 4) is 22.6 Å². The maximum absolute atomic E-state index is 14.4. The zero-order chi connectivity index (χ0) is 18.6. The SMILES string of the molecule is Cn1ccnc1-c1nc(NCC2CCOCC2)ncc1-c1ccccc1F. The van der Waals surface area contributed by atoms with Gasteiger partial charge >= 0.3 is 0 Å². The molecule has 0 saturated carbocycles. The average Bonchev–Trinajstić information content (AvgIpc) is 3.13. The summed E-state index contributed by atoms with van der Waals surface area (Å²) in [5, 5.41) is 3.32. The molecule has 6 nitrogen and oxygen atoms in total. The number of imidazole rings is 1. The number of halogens is 1. The van der Waals surface area contributed by atoms with E-state index in [4.69, 9.17) is 4.74 Å². The Kier molecular flexibility index (Phi) is 5.11. The summed E-state index contributed by atoms with van der Waals surface area (Å²) in [5.74, 6) is 1.44. The van der Waals surface area contributed by atoms with E-state index in [1.54, 1.807) is 30.6 Å². The van der Waals surface area contributed by atoms with E-state index in [1.165, 1.54) is 6.07 Å². The van der Waals surface area contributed by atoms with Crippen molar-refractivity contribution in [3.63, 3.8) is 0 Å². The number of aryl methyl sites for hydroxylation is 1. The van der Waals surface area contributed by atoms with E-state index < -0.39 is 0 Å². The van der Waals surface area contributed by atoms with Gasteiger partial charge in [-0.15, -0.1) is 0 Å². The molecule has 0 radical (unpaired) electrons. The Hall–Kier alpha value is -2.80. The third-order valence-electron chi connectivity index (χ3n) is 4.88. The first kappa shape index (κ1) is 17.6. The number of rotatable bonds is 5. The molecule has 1 aliphatic heterocycles. The lowest BCUT2D eigenvalue weighted by Crippen LogP contribution is -2.23. The molecule has 140 valence electrons. The van der Waals surface area contributed by atoms with Crippen LogP contribution in [-0.2, 0) is 11.8 Å². The predicted octanol–water partition coefficient (Wildman–Crippen LogP) is 3.52. The van der Waals surface area contributed by atoms with E-state index in [0.717, 1.165) is 32.6 Å². The fourth-order valence-electron chi connectivity index (χ4n) is 3.29. The Labute approximate surface area is 157 Å². The van der Waals surface area contributed by atoms with Crippen molar-refractivity contribution >= 4 is 5.95 Å². The number of aromatic nitrogens is 4. The molecule has 0 bridgehead atoms. The van der Waals surface area contributed by atoms with Gasteiger partial charge < -0.3 is 14.6 Å². The van der Waals surface area contributed by atoms with Crippen molar-refractivity contribution in [3.05, 3.63) is 48.7 Å². The Bertz CT molecular complexity index is 920. The van der Waals surface area contributed by atoms with Gasteiger partial charge in [0.1, 0.15) is 11.5 Å². The average molecular weight is 367 g/mol. The minimum absolute atomic E-state index is 0.306. The number of ether oxygens (including phenoxy) is 1. The van der Waals surface area contributed by atoms with Gasteiger partial charge in [-0.2, -0.15) is 0 Å². The Morgan fingerprint density at radius 2 is 2.00 bits per heavy atom. The molecule has 1 aliphatic rings. The molecule has 2 aromatic heterocycles. The van der Waals surface area contributed by atoms with Crippen LogP contribution in [0, 0.1) is 11.7 Å². The summed E-state index contributed by atoms with van der Waals surface area (Å²) in [6, 6.07) is 6.65. The maximum Gasteiger partial charge on any atom is 0.223 e. The van der Waals surface area contributed by atoms with Crippen molar-refractivity contribution in [2.75, 3.05) is 25.1 Å². The highest BCUT2D eigenvalue weighted by Crippen LogP contribution is 2.31. The zero-order valence-corrected chi connectivity index (χ0v) is 15.2. The van der Waals surface area contributed by atoms with Crippen LogP contribution in [0.1, 0.15) is 12.8 Å². The van der Waals surface area contributed by atoms with E-state index in [0.29, 0.717) is 34.5 Å². The van der Waals surface area contributed by atoms with E-state index in [2.05, 4.69) is 20.3 Å². The van der Waals surface area contributed by atoms with Crippen molar-refractivity contribution in [1.82, 2.24) is 19.5 Å². The number of benzene rings is 1. The van der Waals surface area contributed by atoms with Gasteiger partial charge in [0.15, 0.2) is 5.82 Å². The Balaban J connectivity index is 1.68. The Morgan fingerprint density at radius 1 is 1.19 bits per heavy atom. The quantitative estimate of drug-likeness (QED) is 0.747. The number of hydrogen-bond donors (Lipinski definition) is 1. The van der Waals surface area contributed by atoms with Crippen LogP contribution in [0.4, 0.5) is 10.3 Å². The maximum atomic E-state index is 14.4. The second-order valence-electron chi connectivity index (χ2n) is 6.73. The minimum atomic E-state index is -0.306. The highest BCUT2D eigenvalue weighted by Gasteiger charge is 2.18. The van der Waals surface area contributed by atoms with Crippen LogP contribution >= 0.6 is 0 Å². The van der Waals surface area contributed by atoms with Crippen molar-refractivity contribution in [2.24, 2.45) is 13.0 Å². The summed E-state index contributed by atoms with van der Waals surface area (Å²) in [7, 11) is 1.89. The lowest BCUT2D eigenvalue weighted by molar-refractivity contribution is 0.0699. The molecule has 0 aliphatic carbocycles. The molecule has 0 spiro atoms. The zero-order valence-electron chi connectivity index (χ0n) is 15.2. The molecule has 0 unspecified atom stereocenters. The third kappa shape index (κ3) is 3.83. The molecule has 1 saturated heterocycles. The molecule has 1 fully saturated rings. The number of nitrogens with zero attached hydrogens (tertiary/aromatic N) is 4. The molecule has 1 N–H and O–H groups in total. The topological polar surface area (TPSA) is 64.9 Å². The van der Waals surface area contributed by atoms with Gasteiger partial charge in [0, 0.05) is 56.5 Å².